The summed E-state index contributed by atoms with van der Waals surface area (Å²) < 4.78 is 38.2. The SMILES string of the molecule is C#Cc1c(F)ccc2cc(O)cc(-c3ccc4c(N5CC6CCC(C5)N6)nc(OCC56CCCC5N(C)CCC6)nc4c3F)c12. The summed E-state index contributed by atoms with van der Waals surface area (Å²) >= 11 is 0. The first-order valence-electron chi connectivity index (χ1n) is 16.1. The predicted octanol–water partition coefficient (Wildman–Crippen LogP) is 6.00. The molecule has 8 rings (SSSR count). The minimum absolute atomic E-state index is 0.0218. The Morgan fingerprint density at radius 3 is 2.64 bits per heavy atom. The van der Waals surface area contributed by atoms with E-state index in [0.717, 1.165) is 58.2 Å². The lowest BCUT2D eigenvalue weighted by Gasteiger charge is -2.44. The zero-order chi connectivity index (χ0) is 30.9. The summed E-state index contributed by atoms with van der Waals surface area (Å²) in [5.41, 5.74) is 0.668. The van der Waals surface area contributed by atoms with Crippen LogP contribution in [0.25, 0.3) is 32.8 Å². The van der Waals surface area contributed by atoms with Crippen LogP contribution < -0.4 is 15.0 Å². The molecule has 3 aromatic carbocycles. The molecule has 45 heavy (non-hydrogen) atoms. The number of nitrogens with zero attached hydrogens (tertiary/aromatic N) is 4. The van der Waals surface area contributed by atoms with E-state index in [0.29, 0.717) is 52.3 Å². The molecular weight excluding hydrogens is 572 g/mol. The predicted molar refractivity (Wildman–Crippen MR) is 172 cm³/mol. The van der Waals surface area contributed by atoms with Crippen molar-refractivity contribution in [1.82, 2.24) is 20.2 Å². The molecule has 4 aromatic rings. The molecule has 3 aliphatic heterocycles. The highest BCUT2D eigenvalue weighted by Crippen LogP contribution is 2.48. The van der Waals surface area contributed by atoms with E-state index in [1.165, 1.54) is 30.7 Å². The van der Waals surface area contributed by atoms with Crippen LogP contribution in [0, 0.1) is 29.4 Å². The third-order valence-electron chi connectivity index (χ3n) is 10.8. The van der Waals surface area contributed by atoms with Gasteiger partial charge in [0.2, 0.25) is 0 Å². The summed E-state index contributed by atoms with van der Waals surface area (Å²) in [6.07, 6.45) is 13.6. The summed E-state index contributed by atoms with van der Waals surface area (Å²) in [5.74, 6) is 1.85. The summed E-state index contributed by atoms with van der Waals surface area (Å²) in [4.78, 5) is 14.3. The molecule has 4 heterocycles. The first kappa shape index (κ1) is 28.5. The Labute approximate surface area is 261 Å². The van der Waals surface area contributed by atoms with Gasteiger partial charge in [0.25, 0.3) is 0 Å². The Hall–Kier alpha value is -4.00. The van der Waals surface area contributed by atoms with E-state index in [1.54, 1.807) is 6.07 Å². The summed E-state index contributed by atoms with van der Waals surface area (Å²) in [6.45, 7) is 3.12. The van der Waals surface area contributed by atoms with Crippen molar-refractivity contribution in [3.8, 4) is 35.2 Å². The van der Waals surface area contributed by atoms with Crippen molar-refractivity contribution in [3.05, 3.63) is 53.6 Å². The number of hydrogen-bond acceptors (Lipinski definition) is 7. The van der Waals surface area contributed by atoms with Crippen LogP contribution in [0.15, 0.2) is 36.4 Å². The largest absolute Gasteiger partial charge is 0.508 e. The zero-order valence-electron chi connectivity index (χ0n) is 25.5. The van der Waals surface area contributed by atoms with Crippen LogP contribution in [-0.2, 0) is 0 Å². The highest BCUT2D eigenvalue weighted by Gasteiger charge is 2.47. The van der Waals surface area contributed by atoms with Crippen LogP contribution in [0.4, 0.5) is 14.6 Å². The Bertz CT molecular complexity index is 1860. The number of anilines is 1. The van der Waals surface area contributed by atoms with E-state index in [2.05, 4.69) is 28.1 Å². The second-order valence-electron chi connectivity index (χ2n) is 13.5. The Morgan fingerprint density at radius 2 is 1.84 bits per heavy atom. The van der Waals surface area contributed by atoms with E-state index in [-0.39, 0.29) is 33.8 Å². The second-order valence-corrected chi connectivity index (χ2v) is 13.5. The third-order valence-corrected chi connectivity index (χ3v) is 10.8. The van der Waals surface area contributed by atoms with Crippen molar-refractivity contribution in [2.45, 2.75) is 63.1 Å². The molecule has 1 aliphatic carbocycles. The fourth-order valence-corrected chi connectivity index (χ4v) is 8.77. The van der Waals surface area contributed by atoms with Gasteiger partial charge in [-0.3, -0.25) is 0 Å². The van der Waals surface area contributed by atoms with E-state index < -0.39 is 11.6 Å². The number of rotatable bonds is 5. The molecule has 4 unspecified atom stereocenters. The normalized spacial score (nSPS) is 26.4. The Morgan fingerprint density at radius 1 is 1.04 bits per heavy atom. The van der Waals surface area contributed by atoms with Gasteiger partial charge >= 0.3 is 6.01 Å². The van der Waals surface area contributed by atoms with Crippen molar-refractivity contribution >= 4 is 27.5 Å². The third kappa shape index (κ3) is 4.69. The van der Waals surface area contributed by atoms with Gasteiger partial charge in [0.15, 0.2) is 5.82 Å². The lowest BCUT2D eigenvalue weighted by molar-refractivity contribution is 0.0133. The molecule has 7 nitrogen and oxygen atoms in total. The average Bonchev–Trinajstić information content (AvgIpc) is 3.63. The molecule has 1 aromatic heterocycles. The van der Waals surface area contributed by atoms with E-state index >= 15 is 4.39 Å². The number of piperidine rings is 1. The molecule has 3 saturated heterocycles. The molecule has 2 bridgehead atoms. The van der Waals surface area contributed by atoms with Crippen LogP contribution in [0.3, 0.4) is 0 Å². The monoisotopic (exact) mass is 609 g/mol. The molecule has 0 radical (unpaired) electrons. The quantitative estimate of drug-likeness (QED) is 0.269. The van der Waals surface area contributed by atoms with Gasteiger partial charge in [0, 0.05) is 53.0 Å². The molecule has 0 spiro atoms. The lowest BCUT2D eigenvalue weighted by Crippen LogP contribution is -2.51. The maximum atomic E-state index is 16.9. The number of likely N-dealkylation sites (tertiary alicyclic amines) is 1. The number of hydrogen-bond donors (Lipinski definition) is 2. The highest BCUT2D eigenvalue weighted by molar-refractivity contribution is 6.04. The number of nitrogens with one attached hydrogen (secondary N) is 1. The molecule has 0 amide bonds. The van der Waals surface area contributed by atoms with E-state index in [9.17, 15) is 9.50 Å². The van der Waals surface area contributed by atoms with Gasteiger partial charge in [-0.1, -0.05) is 24.5 Å². The van der Waals surface area contributed by atoms with Crippen molar-refractivity contribution in [3.63, 3.8) is 0 Å². The lowest BCUT2D eigenvalue weighted by atomic mass is 9.76. The number of halogens is 2. The first-order valence-corrected chi connectivity index (χ1v) is 16.1. The smallest absolute Gasteiger partial charge is 0.319 e. The second kappa shape index (κ2) is 10.8. The minimum atomic E-state index is -0.590. The van der Waals surface area contributed by atoms with Gasteiger partial charge in [-0.2, -0.15) is 9.97 Å². The topological polar surface area (TPSA) is 73.8 Å². The van der Waals surface area contributed by atoms with E-state index in [1.807, 2.05) is 6.07 Å². The van der Waals surface area contributed by atoms with Gasteiger partial charge in [0.1, 0.15) is 22.9 Å². The van der Waals surface area contributed by atoms with Crippen molar-refractivity contribution in [2.24, 2.45) is 5.41 Å². The molecule has 2 N–H and O–H groups in total. The van der Waals surface area contributed by atoms with Crippen molar-refractivity contribution < 1.29 is 18.6 Å². The number of benzene rings is 3. The number of terminal acetylenes is 1. The molecule has 4 atom stereocenters. The molecule has 4 fully saturated rings. The fraction of sp³-hybridized carbons (Fsp3) is 0.444. The number of fused-ring (bicyclic) bond motifs is 5. The number of piperazine rings is 1. The number of ether oxygens (including phenoxy) is 1. The highest BCUT2D eigenvalue weighted by atomic mass is 19.1. The zero-order valence-corrected chi connectivity index (χ0v) is 25.5. The number of aromatic nitrogens is 2. The summed E-state index contributed by atoms with van der Waals surface area (Å²) in [5, 5.41) is 15.7. The van der Waals surface area contributed by atoms with Gasteiger partial charge in [-0.15, -0.1) is 6.42 Å². The number of phenolic OH excluding ortho intramolecular Hbond substituents is 1. The molecule has 232 valence electrons. The van der Waals surface area contributed by atoms with Gasteiger partial charge in [0.05, 0.1) is 12.2 Å². The van der Waals surface area contributed by atoms with Gasteiger partial charge < -0.3 is 25.0 Å². The van der Waals surface area contributed by atoms with E-state index in [4.69, 9.17) is 21.1 Å². The molecule has 1 saturated carbocycles. The van der Waals surface area contributed by atoms with Crippen LogP contribution >= 0.6 is 0 Å². The molecule has 9 heteroatoms. The minimum Gasteiger partial charge on any atom is -0.508 e. The standard InChI is InChI=1S/C36H37F2N5O2/c1-3-25-29(37)12-7-21-16-24(44)17-28(31(21)25)26-10-11-27-33(32(26)38)40-35(41-34(27)43-18-22-8-9-23(19-43)39-22)45-20-36-13-4-6-30(36)42(2)15-5-14-36/h1,7,10-12,16-17,22-23,30,39,44H,4-6,8-9,13-15,18-20H2,2H3. The maximum Gasteiger partial charge on any atom is 0.319 e. The van der Waals surface area contributed by atoms with Gasteiger partial charge in [-0.05, 0) is 87.3 Å². The average molecular weight is 610 g/mol. The summed E-state index contributed by atoms with van der Waals surface area (Å²) in [6, 6.07) is 10.6. The number of phenols is 1. The van der Waals surface area contributed by atoms with Crippen LogP contribution in [0.1, 0.15) is 50.5 Å². The Balaban J connectivity index is 1.27. The maximum absolute atomic E-state index is 16.9. The van der Waals surface area contributed by atoms with Crippen LogP contribution in [0.2, 0.25) is 0 Å². The molecular formula is C36H37F2N5O2. The fourth-order valence-electron chi connectivity index (χ4n) is 8.77. The van der Waals surface area contributed by atoms with Crippen molar-refractivity contribution in [2.75, 3.05) is 38.2 Å². The van der Waals surface area contributed by atoms with Gasteiger partial charge in [-0.25, -0.2) is 8.78 Å². The first-order chi connectivity index (χ1) is 21.8. The van der Waals surface area contributed by atoms with Crippen LogP contribution in [0.5, 0.6) is 11.8 Å². The Kier molecular flexibility index (Phi) is 6.84. The molecule has 4 aliphatic rings. The summed E-state index contributed by atoms with van der Waals surface area (Å²) in [7, 11) is 2.20. The van der Waals surface area contributed by atoms with Crippen molar-refractivity contribution in [1.29, 1.82) is 0 Å². The van der Waals surface area contributed by atoms with Crippen LogP contribution in [-0.4, -0.2) is 71.4 Å². The number of aromatic hydroxyl groups is 1.